The highest BCUT2D eigenvalue weighted by Crippen LogP contribution is 2.38. The maximum absolute atomic E-state index is 5.68. The first-order valence-corrected chi connectivity index (χ1v) is 11.0. The topological polar surface area (TPSA) is 27.2 Å². The van der Waals surface area contributed by atoms with Crippen molar-refractivity contribution in [1.82, 2.24) is 14.3 Å². The highest BCUT2D eigenvalue weighted by molar-refractivity contribution is 7.71. The molecule has 2 atom stereocenters. The van der Waals surface area contributed by atoms with E-state index in [1.807, 2.05) is 22.7 Å². The second-order valence-electron chi connectivity index (χ2n) is 7.04. The molecule has 1 aliphatic carbocycles. The van der Waals surface area contributed by atoms with Crippen LogP contribution >= 0.6 is 34.9 Å². The molecule has 3 aromatic heterocycles. The van der Waals surface area contributed by atoms with E-state index in [1.165, 1.54) is 29.1 Å². The molecule has 25 heavy (non-hydrogen) atoms. The van der Waals surface area contributed by atoms with Crippen LogP contribution in [0, 0.1) is 4.77 Å². The molecule has 1 unspecified atom stereocenters. The van der Waals surface area contributed by atoms with Gasteiger partial charge in [-0.15, -0.1) is 22.7 Å². The van der Waals surface area contributed by atoms with E-state index in [0.29, 0.717) is 12.0 Å². The fraction of sp³-hybridized carbons (Fsp3) is 0.444. The summed E-state index contributed by atoms with van der Waals surface area (Å²) in [5.74, 6) is 1.80. The van der Waals surface area contributed by atoms with Crippen molar-refractivity contribution in [2.45, 2.75) is 37.9 Å². The average molecular weight is 390 g/mol. The van der Waals surface area contributed by atoms with E-state index in [-0.39, 0.29) is 0 Å². The van der Waals surface area contributed by atoms with Gasteiger partial charge >= 0.3 is 0 Å². The van der Waals surface area contributed by atoms with E-state index in [4.69, 9.17) is 17.3 Å². The summed E-state index contributed by atoms with van der Waals surface area (Å²) in [7, 11) is 2.07. The lowest BCUT2D eigenvalue weighted by atomic mass is 9.99. The number of hydrogen-bond acceptors (Lipinski definition) is 4. The summed E-state index contributed by atoms with van der Waals surface area (Å²) in [4.78, 5) is 4.54. The number of aromatic nitrogens is 3. The van der Waals surface area contributed by atoms with Crippen LogP contribution < -0.4 is 4.90 Å². The minimum absolute atomic E-state index is 0.406. The third-order valence-corrected chi connectivity index (χ3v) is 7.79. The Morgan fingerprint density at radius 2 is 2.16 bits per heavy atom. The van der Waals surface area contributed by atoms with Gasteiger partial charge in [-0.1, -0.05) is 6.07 Å². The van der Waals surface area contributed by atoms with Crippen LogP contribution in [0.3, 0.4) is 0 Å². The molecule has 130 valence electrons. The van der Waals surface area contributed by atoms with E-state index in [9.17, 15) is 0 Å². The zero-order valence-corrected chi connectivity index (χ0v) is 16.6. The number of nitrogens with one attached hydrogen (secondary N) is 1. The first-order chi connectivity index (χ1) is 12.2. The van der Waals surface area contributed by atoms with Gasteiger partial charge in [-0.25, -0.2) is 0 Å². The molecule has 1 fully saturated rings. The monoisotopic (exact) mass is 389 g/mol. The smallest absolute Gasteiger partial charge is 0.202 e. The zero-order chi connectivity index (χ0) is 17.0. The highest BCUT2D eigenvalue weighted by atomic mass is 32.1. The molecule has 4 heterocycles. The molecule has 5 rings (SSSR count). The third-order valence-electron chi connectivity index (χ3n) is 5.37. The number of thiophene rings is 2. The van der Waals surface area contributed by atoms with Crippen molar-refractivity contribution in [3.8, 4) is 0 Å². The van der Waals surface area contributed by atoms with Gasteiger partial charge in [-0.05, 0) is 48.0 Å². The minimum atomic E-state index is 0.406. The summed E-state index contributed by atoms with van der Waals surface area (Å²) in [5.41, 5.74) is 1.50. The average Bonchev–Trinajstić information content (AvgIpc) is 3.02. The first kappa shape index (κ1) is 15.9. The summed E-state index contributed by atoms with van der Waals surface area (Å²) in [6.45, 7) is 1.98. The molecule has 0 aromatic carbocycles. The van der Waals surface area contributed by atoms with Crippen molar-refractivity contribution in [3.63, 3.8) is 0 Å². The Balaban J connectivity index is 1.51. The predicted molar refractivity (Wildman–Crippen MR) is 104 cm³/mol. The van der Waals surface area contributed by atoms with Crippen molar-refractivity contribution >= 4 is 34.9 Å². The molecule has 1 N–H and O–H groups in total. The molecule has 0 amide bonds. The van der Waals surface area contributed by atoms with Gasteiger partial charge in [-0.2, -0.15) is 9.78 Å². The molecule has 0 saturated heterocycles. The second kappa shape index (κ2) is 6.16. The van der Waals surface area contributed by atoms with Crippen molar-refractivity contribution in [2.75, 3.05) is 6.54 Å². The van der Waals surface area contributed by atoms with Crippen molar-refractivity contribution < 1.29 is 4.90 Å². The van der Waals surface area contributed by atoms with Gasteiger partial charge < -0.3 is 9.47 Å². The molecule has 0 spiro atoms. The first-order valence-electron chi connectivity index (χ1n) is 8.80. The molecular weight excluding hydrogens is 368 g/mol. The normalized spacial score (nSPS) is 22.9. The van der Waals surface area contributed by atoms with Crippen molar-refractivity contribution in [3.05, 3.63) is 54.9 Å². The molecule has 3 aromatic rings. The maximum Gasteiger partial charge on any atom is 0.202 e. The Kier molecular flexibility index (Phi) is 3.93. The van der Waals surface area contributed by atoms with Crippen molar-refractivity contribution in [2.24, 2.45) is 7.05 Å². The lowest BCUT2D eigenvalue weighted by Crippen LogP contribution is -3.12. The zero-order valence-electron chi connectivity index (χ0n) is 14.1. The van der Waals surface area contributed by atoms with Gasteiger partial charge in [0.05, 0.1) is 11.4 Å². The SMILES string of the molecule is Cn1c(C2CC2)nn(C[NH+]2CCc3sccc3[C@@H]2c2cccs2)c1=S. The van der Waals surface area contributed by atoms with E-state index in [0.717, 1.165) is 24.4 Å². The summed E-state index contributed by atoms with van der Waals surface area (Å²) >= 11 is 9.45. The van der Waals surface area contributed by atoms with Gasteiger partial charge in [-0.3, -0.25) is 0 Å². The molecule has 0 radical (unpaired) electrons. The van der Waals surface area contributed by atoms with Gasteiger partial charge in [0, 0.05) is 29.8 Å². The van der Waals surface area contributed by atoms with E-state index >= 15 is 0 Å². The quantitative estimate of drug-likeness (QED) is 0.694. The van der Waals surface area contributed by atoms with Crippen molar-refractivity contribution in [1.29, 1.82) is 0 Å². The lowest BCUT2D eigenvalue weighted by molar-refractivity contribution is -0.950. The number of nitrogens with zero attached hydrogens (tertiary/aromatic N) is 3. The Bertz CT molecular complexity index is 946. The maximum atomic E-state index is 5.68. The molecule has 1 aliphatic heterocycles. The second-order valence-corrected chi connectivity index (χ2v) is 9.38. The van der Waals surface area contributed by atoms with Gasteiger partial charge in [0.25, 0.3) is 0 Å². The molecule has 0 bridgehead atoms. The van der Waals surface area contributed by atoms with Crippen LogP contribution in [-0.4, -0.2) is 20.9 Å². The number of quaternary nitrogens is 1. The van der Waals surface area contributed by atoms with E-state index < -0.39 is 0 Å². The third kappa shape index (κ3) is 2.73. The lowest BCUT2D eigenvalue weighted by Gasteiger charge is -2.31. The summed E-state index contributed by atoms with van der Waals surface area (Å²) in [5, 5.41) is 9.31. The molecule has 1 saturated carbocycles. The van der Waals surface area contributed by atoms with Crippen LogP contribution in [-0.2, 0) is 20.1 Å². The molecule has 2 aliphatic rings. The van der Waals surface area contributed by atoms with Crippen LogP contribution in [0.2, 0.25) is 0 Å². The standard InChI is InChI=1S/C18H20N4S3/c1-20-17(12-4-5-12)19-22(18(20)23)11-21-8-6-14-13(7-10-25-14)16(21)15-3-2-9-24-15/h2-3,7,9-10,12,16H,4-6,8,11H2,1H3/p+1/t16-/m1/s1. The Hall–Kier alpha value is -1.28. The Labute approximate surface area is 160 Å². The van der Waals surface area contributed by atoms with E-state index in [2.05, 4.69) is 45.3 Å². The fourth-order valence-electron chi connectivity index (χ4n) is 3.93. The predicted octanol–water partition coefficient (Wildman–Crippen LogP) is 3.14. The van der Waals surface area contributed by atoms with Gasteiger partial charge in [0.15, 0.2) is 12.7 Å². The molecule has 4 nitrogen and oxygen atoms in total. The Morgan fingerprint density at radius 3 is 2.92 bits per heavy atom. The van der Waals surface area contributed by atoms with Crippen LogP contribution in [0.25, 0.3) is 0 Å². The summed E-state index contributed by atoms with van der Waals surface area (Å²) < 4.78 is 5.04. The largest absolute Gasteiger partial charge is 0.307 e. The molecular formula is C18H21N4S3+. The summed E-state index contributed by atoms with van der Waals surface area (Å²) in [6.07, 6.45) is 3.67. The summed E-state index contributed by atoms with van der Waals surface area (Å²) in [6, 6.07) is 7.16. The number of fused-ring (bicyclic) bond motifs is 1. The number of hydrogen-bond donors (Lipinski definition) is 1. The van der Waals surface area contributed by atoms with Gasteiger partial charge in [0.2, 0.25) is 4.77 Å². The van der Waals surface area contributed by atoms with Crippen LogP contribution in [0.5, 0.6) is 0 Å². The van der Waals surface area contributed by atoms with Crippen LogP contribution in [0.4, 0.5) is 0 Å². The number of rotatable bonds is 4. The minimum Gasteiger partial charge on any atom is -0.307 e. The van der Waals surface area contributed by atoms with Gasteiger partial charge in [0.1, 0.15) is 5.82 Å². The van der Waals surface area contributed by atoms with E-state index in [1.54, 1.807) is 9.78 Å². The van der Waals surface area contributed by atoms with Crippen LogP contribution in [0.1, 0.15) is 45.9 Å². The fourth-order valence-corrected chi connectivity index (χ4v) is 5.95. The molecule has 7 heteroatoms. The van der Waals surface area contributed by atoms with Crippen LogP contribution in [0.15, 0.2) is 29.0 Å². The highest BCUT2D eigenvalue weighted by Gasteiger charge is 2.35. The Morgan fingerprint density at radius 1 is 1.28 bits per heavy atom.